The maximum absolute atomic E-state index is 3.36. The first-order valence-corrected chi connectivity index (χ1v) is 4.27. The lowest BCUT2D eigenvalue weighted by atomic mass is 9.91. The molecule has 0 aromatic rings. The number of nitrogens with zero attached hydrogens (tertiary/aromatic N) is 1. The highest BCUT2D eigenvalue weighted by molar-refractivity contribution is 4.98. The van der Waals surface area contributed by atoms with Crippen molar-refractivity contribution in [2.24, 2.45) is 0 Å². The molecule has 0 spiro atoms. The molecule has 57 valence electrons. The van der Waals surface area contributed by atoms with E-state index in [1.807, 2.05) is 0 Å². The molecule has 1 aliphatic heterocycles. The van der Waals surface area contributed by atoms with E-state index in [0.717, 1.165) is 0 Å². The average molecular weight is 139 g/mol. The van der Waals surface area contributed by atoms with Crippen LogP contribution in [0.3, 0.4) is 0 Å². The van der Waals surface area contributed by atoms with Crippen molar-refractivity contribution in [2.45, 2.75) is 19.3 Å². The Morgan fingerprint density at radius 1 is 1.10 bits per heavy atom. The van der Waals surface area contributed by atoms with Crippen molar-refractivity contribution >= 4 is 0 Å². The molecule has 2 nitrogen and oxygen atoms in total. The fourth-order valence-corrected chi connectivity index (χ4v) is 1.63. The molecule has 0 bridgehead atoms. The molecule has 10 heavy (non-hydrogen) atoms. The van der Waals surface area contributed by atoms with Crippen LogP contribution in [0.4, 0.5) is 0 Å². The van der Waals surface area contributed by atoms with Gasteiger partial charge in [0, 0.05) is 32.2 Å². The van der Waals surface area contributed by atoms with Crippen molar-refractivity contribution < 1.29 is 0 Å². The minimum absolute atomic E-state index is 1.18. The van der Waals surface area contributed by atoms with Crippen LogP contribution in [0.15, 0.2) is 0 Å². The SMILES string of the molecule is C1C[C](N2CCNCC2)C1. The molecule has 2 rings (SSSR count). The molecule has 1 saturated carbocycles. The Labute approximate surface area is 62.6 Å². The minimum Gasteiger partial charge on any atom is -0.314 e. The molecule has 2 aliphatic rings. The highest BCUT2D eigenvalue weighted by Gasteiger charge is 2.26. The second kappa shape index (κ2) is 2.89. The van der Waals surface area contributed by atoms with Gasteiger partial charge < -0.3 is 5.32 Å². The topological polar surface area (TPSA) is 15.3 Å². The Kier molecular flexibility index (Phi) is 1.91. The third kappa shape index (κ3) is 1.18. The van der Waals surface area contributed by atoms with E-state index in [4.69, 9.17) is 0 Å². The highest BCUT2D eigenvalue weighted by Crippen LogP contribution is 2.31. The summed E-state index contributed by atoms with van der Waals surface area (Å²) < 4.78 is 0. The predicted molar refractivity (Wildman–Crippen MR) is 41.5 cm³/mol. The van der Waals surface area contributed by atoms with Crippen molar-refractivity contribution in [3.63, 3.8) is 0 Å². The Morgan fingerprint density at radius 2 is 1.80 bits per heavy atom. The Hall–Kier alpha value is -0.0800. The van der Waals surface area contributed by atoms with Gasteiger partial charge in [-0.1, -0.05) is 0 Å². The maximum atomic E-state index is 3.36. The first-order valence-electron chi connectivity index (χ1n) is 4.27. The van der Waals surface area contributed by atoms with Crippen LogP contribution in [0.2, 0.25) is 0 Å². The first kappa shape index (κ1) is 6.62. The van der Waals surface area contributed by atoms with Crippen LogP contribution in [-0.4, -0.2) is 31.1 Å². The molecule has 1 aliphatic carbocycles. The van der Waals surface area contributed by atoms with Crippen molar-refractivity contribution in [3.8, 4) is 0 Å². The standard InChI is InChI=1S/C8H15N2/c1-2-8(3-1)10-6-4-9-5-7-10/h9H,1-7H2. The molecule has 0 amide bonds. The summed E-state index contributed by atoms with van der Waals surface area (Å²) in [4.78, 5) is 2.56. The summed E-state index contributed by atoms with van der Waals surface area (Å²) in [6.07, 6.45) is 4.18. The van der Waals surface area contributed by atoms with Crippen LogP contribution < -0.4 is 5.32 Å². The molecular weight excluding hydrogens is 124 g/mol. The number of nitrogens with one attached hydrogen (secondary N) is 1. The minimum atomic E-state index is 1.18. The molecule has 2 fully saturated rings. The third-order valence-corrected chi connectivity index (χ3v) is 2.49. The normalized spacial score (nSPS) is 30.0. The van der Waals surface area contributed by atoms with E-state index in [9.17, 15) is 0 Å². The van der Waals surface area contributed by atoms with E-state index in [1.165, 1.54) is 45.4 Å². The monoisotopic (exact) mass is 139 g/mol. The van der Waals surface area contributed by atoms with Crippen LogP contribution in [0.5, 0.6) is 0 Å². The van der Waals surface area contributed by atoms with Gasteiger partial charge >= 0.3 is 0 Å². The molecule has 2 heteroatoms. The van der Waals surface area contributed by atoms with Gasteiger partial charge in [0.25, 0.3) is 0 Å². The number of hydrogen-bond donors (Lipinski definition) is 1. The van der Waals surface area contributed by atoms with E-state index in [-0.39, 0.29) is 0 Å². The molecular formula is C8H15N2. The molecule has 0 unspecified atom stereocenters. The Morgan fingerprint density at radius 3 is 2.30 bits per heavy atom. The quantitative estimate of drug-likeness (QED) is 0.572. The largest absolute Gasteiger partial charge is 0.314 e. The van der Waals surface area contributed by atoms with Gasteiger partial charge in [0.1, 0.15) is 0 Å². The van der Waals surface area contributed by atoms with E-state index in [0.29, 0.717) is 0 Å². The van der Waals surface area contributed by atoms with E-state index in [1.54, 1.807) is 6.04 Å². The first-order chi connectivity index (χ1) is 4.97. The van der Waals surface area contributed by atoms with E-state index >= 15 is 0 Å². The van der Waals surface area contributed by atoms with E-state index in [2.05, 4.69) is 10.2 Å². The van der Waals surface area contributed by atoms with Gasteiger partial charge in [-0.2, -0.15) is 0 Å². The summed E-state index contributed by atoms with van der Waals surface area (Å²) in [7, 11) is 0. The van der Waals surface area contributed by atoms with Crippen LogP contribution in [0, 0.1) is 6.04 Å². The lowest BCUT2D eigenvalue weighted by molar-refractivity contribution is 0.195. The summed E-state index contributed by atoms with van der Waals surface area (Å²) >= 11 is 0. The summed E-state index contributed by atoms with van der Waals surface area (Å²) in [5.74, 6) is 0. The lowest BCUT2D eigenvalue weighted by Gasteiger charge is -2.39. The smallest absolute Gasteiger partial charge is 0.0394 e. The predicted octanol–water partition coefficient (Wildman–Crippen LogP) is 0.607. The Balaban J connectivity index is 1.78. The van der Waals surface area contributed by atoms with Gasteiger partial charge in [0.05, 0.1) is 0 Å². The average Bonchev–Trinajstić information content (AvgIpc) is 1.86. The van der Waals surface area contributed by atoms with Crippen molar-refractivity contribution in [3.05, 3.63) is 6.04 Å². The van der Waals surface area contributed by atoms with Gasteiger partial charge in [-0.05, 0) is 19.3 Å². The van der Waals surface area contributed by atoms with Gasteiger partial charge in [0.2, 0.25) is 0 Å². The molecule has 1 radical (unpaired) electrons. The lowest BCUT2D eigenvalue weighted by Crippen LogP contribution is -2.46. The molecule has 1 saturated heterocycles. The van der Waals surface area contributed by atoms with Gasteiger partial charge in [-0.15, -0.1) is 0 Å². The van der Waals surface area contributed by atoms with Crippen LogP contribution >= 0.6 is 0 Å². The van der Waals surface area contributed by atoms with Gasteiger partial charge in [-0.3, -0.25) is 4.90 Å². The molecule has 1 heterocycles. The summed E-state index contributed by atoms with van der Waals surface area (Å²) in [6, 6.07) is 1.71. The maximum Gasteiger partial charge on any atom is 0.0394 e. The fourth-order valence-electron chi connectivity index (χ4n) is 1.63. The zero-order valence-electron chi connectivity index (χ0n) is 6.40. The zero-order valence-corrected chi connectivity index (χ0v) is 6.40. The van der Waals surface area contributed by atoms with Gasteiger partial charge in [-0.25, -0.2) is 0 Å². The second-order valence-corrected chi connectivity index (χ2v) is 3.16. The molecule has 0 aromatic carbocycles. The number of piperazine rings is 1. The summed E-state index contributed by atoms with van der Waals surface area (Å²) in [6.45, 7) is 4.86. The van der Waals surface area contributed by atoms with Crippen molar-refractivity contribution in [2.75, 3.05) is 26.2 Å². The fraction of sp³-hybridized carbons (Fsp3) is 0.875. The number of rotatable bonds is 1. The molecule has 0 atom stereocenters. The van der Waals surface area contributed by atoms with Crippen LogP contribution in [0.25, 0.3) is 0 Å². The van der Waals surface area contributed by atoms with Crippen LogP contribution in [0.1, 0.15) is 19.3 Å². The Bertz CT molecular complexity index is 104. The van der Waals surface area contributed by atoms with E-state index < -0.39 is 0 Å². The summed E-state index contributed by atoms with van der Waals surface area (Å²) in [5, 5.41) is 3.36. The number of hydrogen-bond acceptors (Lipinski definition) is 2. The zero-order chi connectivity index (χ0) is 6.81. The highest BCUT2D eigenvalue weighted by atomic mass is 15.2. The van der Waals surface area contributed by atoms with Crippen LogP contribution in [-0.2, 0) is 0 Å². The molecule has 0 aromatic heterocycles. The third-order valence-electron chi connectivity index (χ3n) is 2.49. The summed E-state index contributed by atoms with van der Waals surface area (Å²) in [5.41, 5.74) is 0. The van der Waals surface area contributed by atoms with Crippen molar-refractivity contribution in [1.29, 1.82) is 0 Å². The van der Waals surface area contributed by atoms with Gasteiger partial charge in [0.15, 0.2) is 0 Å². The second-order valence-electron chi connectivity index (χ2n) is 3.16. The van der Waals surface area contributed by atoms with Crippen molar-refractivity contribution in [1.82, 2.24) is 10.2 Å². The molecule has 1 N–H and O–H groups in total.